The summed E-state index contributed by atoms with van der Waals surface area (Å²) in [6.07, 6.45) is 0. The van der Waals surface area contributed by atoms with Crippen LogP contribution in [0.3, 0.4) is 0 Å². The van der Waals surface area contributed by atoms with Crippen LogP contribution in [0.4, 0.5) is 15.8 Å². The van der Waals surface area contributed by atoms with E-state index in [9.17, 15) is 9.18 Å². The second-order valence-electron chi connectivity index (χ2n) is 4.94. The standard InChI is InChI=1S/C16H15BrClFN2O/c1-9-7-12(4-5-13(9)17)20-10(2)16(22)21-15-6-3-11(18)8-14(15)19/h3-8,10,20H,1-2H3,(H,21,22). The molecule has 0 radical (unpaired) electrons. The summed E-state index contributed by atoms with van der Waals surface area (Å²) in [5.41, 5.74) is 1.98. The highest BCUT2D eigenvalue weighted by Gasteiger charge is 2.15. The number of hydrogen-bond acceptors (Lipinski definition) is 2. The van der Waals surface area contributed by atoms with Crippen molar-refractivity contribution >= 4 is 44.8 Å². The average molecular weight is 386 g/mol. The Kier molecular flexibility index (Phi) is 5.42. The molecule has 6 heteroatoms. The number of halogens is 3. The van der Waals surface area contributed by atoms with Crippen molar-refractivity contribution in [3.63, 3.8) is 0 Å². The van der Waals surface area contributed by atoms with Crippen molar-refractivity contribution < 1.29 is 9.18 Å². The molecule has 2 aromatic rings. The van der Waals surface area contributed by atoms with E-state index in [4.69, 9.17) is 11.6 Å². The van der Waals surface area contributed by atoms with Gasteiger partial charge >= 0.3 is 0 Å². The first-order valence-electron chi connectivity index (χ1n) is 6.65. The van der Waals surface area contributed by atoms with Gasteiger partial charge in [0.15, 0.2) is 0 Å². The first-order valence-corrected chi connectivity index (χ1v) is 7.82. The lowest BCUT2D eigenvalue weighted by atomic mass is 10.2. The molecule has 22 heavy (non-hydrogen) atoms. The zero-order valence-electron chi connectivity index (χ0n) is 12.1. The van der Waals surface area contributed by atoms with Crippen LogP contribution >= 0.6 is 27.5 Å². The van der Waals surface area contributed by atoms with E-state index in [0.29, 0.717) is 0 Å². The van der Waals surface area contributed by atoms with Crippen LogP contribution in [-0.4, -0.2) is 11.9 Å². The predicted molar refractivity (Wildman–Crippen MR) is 92.0 cm³/mol. The lowest BCUT2D eigenvalue weighted by Crippen LogP contribution is -2.32. The Morgan fingerprint density at radius 2 is 2.00 bits per heavy atom. The van der Waals surface area contributed by atoms with E-state index >= 15 is 0 Å². The molecule has 0 bridgehead atoms. The van der Waals surface area contributed by atoms with Crippen molar-refractivity contribution in [2.24, 2.45) is 0 Å². The van der Waals surface area contributed by atoms with Gasteiger partial charge in [-0.05, 0) is 55.8 Å². The number of rotatable bonds is 4. The molecule has 2 aromatic carbocycles. The third-order valence-electron chi connectivity index (χ3n) is 3.12. The van der Waals surface area contributed by atoms with Crippen LogP contribution < -0.4 is 10.6 Å². The summed E-state index contributed by atoms with van der Waals surface area (Å²) in [6, 6.07) is 9.30. The van der Waals surface area contributed by atoms with Crippen LogP contribution in [0.25, 0.3) is 0 Å². The molecule has 0 aliphatic carbocycles. The molecule has 0 aliphatic rings. The molecule has 0 aliphatic heterocycles. The summed E-state index contributed by atoms with van der Waals surface area (Å²) in [5.74, 6) is -0.894. The number of amides is 1. The quantitative estimate of drug-likeness (QED) is 0.778. The van der Waals surface area contributed by atoms with E-state index in [1.54, 1.807) is 6.92 Å². The Morgan fingerprint density at radius 1 is 1.27 bits per heavy atom. The number of carbonyl (C=O) groups is 1. The number of carbonyl (C=O) groups excluding carboxylic acids is 1. The minimum Gasteiger partial charge on any atom is -0.374 e. The van der Waals surface area contributed by atoms with Gasteiger partial charge in [0, 0.05) is 15.2 Å². The van der Waals surface area contributed by atoms with Gasteiger partial charge in [-0.15, -0.1) is 0 Å². The fourth-order valence-corrected chi connectivity index (χ4v) is 2.29. The van der Waals surface area contributed by atoms with E-state index in [0.717, 1.165) is 21.8 Å². The molecule has 1 amide bonds. The third kappa shape index (κ3) is 4.21. The fraction of sp³-hybridized carbons (Fsp3) is 0.188. The maximum atomic E-state index is 13.7. The number of hydrogen-bond donors (Lipinski definition) is 2. The van der Waals surface area contributed by atoms with Gasteiger partial charge in [0.05, 0.1) is 5.69 Å². The molecule has 0 saturated heterocycles. The number of benzene rings is 2. The molecule has 0 fully saturated rings. The van der Waals surface area contributed by atoms with Crippen molar-refractivity contribution in [2.45, 2.75) is 19.9 Å². The van der Waals surface area contributed by atoms with Gasteiger partial charge in [0.1, 0.15) is 11.9 Å². The highest BCUT2D eigenvalue weighted by molar-refractivity contribution is 9.10. The Hall–Kier alpha value is -1.59. The zero-order chi connectivity index (χ0) is 16.3. The van der Waals surface area contributed by atoms with E-state index in [1.165, 1.54) is 12.1 Å². The summed E-state index contributed by atoms with van der Waals surface area (Å²) < 4.78 is 14.7. The van der Waals surface area contributed by atoms with Crippen LogP contribution in [-0.2, 0) is 4.79 Å². The highest BCUT2D eigenvalue weighted by atomic mass is 79.9. The molecule has 0 spiro atoms. The summed E-state index contributed by atoms with van der Waals surface area (Å²) in [6.45, 7) is 3.67. The molecule has 1 unspecified atom stereocenters. The van der Waals surface area contributed by atoms with Crippen LogP contribution in [0.15, 0.2) is 40.9 Å². The zero-order valence-corrected chi connectivity index (χ0v) is 14.4. The van der Waals surface area contributed by atoms with E-state index < -0.39 is 11.9 Å². The molecule has 3 nitrogen and oxygen atoms in total. The molecule has 1 atom stereocenters. The first-order chi connectivity index (χ1) is 10.4. The summed E-state index contributed by atoms with van der Waals surface area (Å²) in [4.78, 5) is 12.1. The molecule has 0 aromatic heterocycles. The summed E-state index contributed by atoms with van der Waals surface area (Å²) >= 11 is 9.11. The molecule has 2 rings (SSSR count). The third-order valence-corrected chi connectivity index (χ3v) is 4.25. The first kappa shape index (κ1) is 16.8. The van der Waals surface area contributed by atoms with E-state index in [2.05, 4.69) is 26.6 Å². The van der Waals surface area contributed by atoms with Gasteiger partial charge < -0.3 is 10.6 Å². The molecular weight excluding hydrogens is 371 g/mol. The van der Waals surface area contributed by atoms with Gasteiger partial charge in [-0.1, -0.05) is 27.5 Å². The Labute approximate surface area is 142 Å². The lowest BCUT2D eigenvalue weighted by Gasteiger charge is -2.16. The van der Waals surface area contributed by atoms with Crippen molar-refractivity contribution in [3.8, 4) is 0 Å². The predicted octanol–water partition coefficient (Wildman–Crippen LogP) is 4.99. The largest absolute Gasteiger partial charge is 0.374 e. The summed E-state index contributed by atoms with van der Waals surface area (Å²) in [5, 5.41) is 5.90. The SMILES string of the molecule is Cc1cc(NC(C)C(=O)Nc2ccc(Cl)cc2F)ccc1Br. The van der Waals surface area contributed by atoms with Gasteiger partial charge in [-0.3, -0.25) is 4.79 Å². The van der Waals surface area contributed by atoms with E-state index in [1.807, 2.05) is 25.1 Å². The second-order valence-corrected chi connectivity index (χ2v) is 6.23. The van der Waals surface area contributed by atoms with Crippen molar-refractivity contribution in [1.29, 1.82) is 0 Å². The van der Waals surface area contributed by atoms with Gasteiger partial charge in [0.25, 0.3) is 0 Å². The maximum absolute atomic E-state index is 13.7. The van der Waals surface area contributed by atoms with Gasteiger partial charge in [-0.2, -0.15) is 0 Å². The van der Waals surface area contributed by atoms with Crippen molar-refractivity contribution in [2.75, 3.05) is 10.6 Å². The minimum atomic E-state index is -0.562. The normalized spacial score (nSPS) is 11.9. The second kappa shape index (κ2) is 7.11. The minimum absolute atomic E-state index is 0.107. The molecule has 116 valence electrons. The summed E-state index contributed by atoms with van der Waals surface area (Å²) in [7, 11) is 0. The maximum Gasteiger partial charge on any atom is 0.246 e. The van der Waals surface area contributed by atoms with Crippen LogP contribution in [0.1, 0.15) is 12.5 Å². The van der Waals surface area contributed by atoms with Crippen molar-refractivity contribution in [1.82, 2.24) is 0 Å². The molecule has 0 heterocycles. The Balaban J connectivity index is 2.04. The smallest absolute Gasteiger partial charge is 0.246 e. The average Bonchev–Trinajstić information content (AvgIpc) is 2.45. The highest BCUT2D eigenvalue weighted by Crippen LogP contribution is 2.21. The Morgan fingerprint density at radius 3 is 2.64 bits per heavy atom. The number of nitrogens with one attached hydrogen (secondary N) is 2. The van der Waals surface area contributed by atoms with Crippen LogP contribution in [0.2, 0.25) is 5.02 Å². The van der Waals surface area contributed by atoms with Crippen LogP contribution in [0, 0.1) is 12.7 Å². The lowest BCUT2D eigenvalue weighted by molar-refractivity contribution is -0.116. The topological polar surface area (TPSA) is 41.1 Å². The Bertz CT molecular complexity index is 709. The molecule has 2 N–H and O–H groups in total. The van der Waals surface area contributed by atoms with Crippen LogP contribution in [0.5, 0.6) is 0 Å². The molecular formula is C16H15BrClFN2O. The number of aryl methyl sites for hydroxylation is 1. The van der Waals surface area contributed by atoms with E-state index in [-0.39, 0.29) is 16.6 Å². The van der Waals surface area contributed by atoms with Gasteiger partial charge in [0.2, 0.25) is 5.91 Å². The van der Waals surface area contributed by atoms with Crippen molar-refractivity contribution in [3.05, 3.63) is 57.3 Å². The fourth-order valence-electron chi connectivity index (χ4n) is 1.88. The number of anilines is 2. The van der Waals surface area contributed by atoms with Gasteiger partial charge in [-0.25, -0.2) is 4.39 Å². The molecule has 0 saturated carbocycles. The monoisotopic (exact) mass is 384 g/mol.